The number of nitrogens with two attached hydrogens (primary N) is 1. The summed E-state index contributed by atoms with van der Waals surface area (Å²) in [5.74, 6) is 0. The molecule has 0 amide bonds. The molecule has 0 aromatic carbocycles. The van der Waals surface area contributed by atoms with Crippen LogP contribution in [0.1, 0.15) is 53.9 Å². The Morgan fingerprint density at radius 3 is 2.00 bits per heavy atom. The summed E-state index contributed by atoms with van der Waals surface area (Å²) in [6.45, 7) is 13.2. The highest BCUT2D eigenvalue weighted by atomic mass is 15.1. The average molecular weight is 214 g/mol. The summed E-state index contributed by atoms with van der Waals surface area (Å²) < 4.78 is 0. The van der Waals surface area contributed by atoms with E-state index >= 15 is 0 Å². The summed E-state index contributed by atoms with van der Waals surface area (Å²) >= 11 is 0. The second-order valence-electron chi connectivity index (χ2n) is 6.05. The van der Waals surface area contributed by atoms with Crippen molar-refractivity contribution >= 4 is 0 Å². The molecule has 2 nitrogen and oxygen atoms in total. The van der Waals surface area contributed by atoms with Gasteiger partial charge in [0.25, 0.3) is 0 Å². The van der Waals surface area contributed by atoms with Crippen LogP contribution in [0.5, 0.6) is 0 Å². The Balaban J connectivity index is 3.99. The van der Waals surface area contributed by atoms with Crippen molar-refractivity contribution in [1.29, 1.82) is 0 Å². The Morgan fingerprint density at radius 2 is 1.60 bits per heavy atom. The quantitative estimate of drug-likeness (QED) is 0.660. The predicted molar refractivity (Wildman–Crippen MR) is 69.1 cm³/mol. The zero-order valence-electron chi connectivity index (χ0n) is 11.6. The van der Waals surface area contributed by atoms with Gasteiger partial charge in [0.1, 0.15) is 0 Å². The lowest BCUT2D eigenvalue weighted by molar-refractivity contribution is 0.129. The Bertz CT molecular complexity index is 168. The molecule has 0 bridgehead atoms. The van der Waals surface area contributed by atoms with Crippen molar-refractivity contribution in [2.45, 2.75) is 59.4 Å². The lowest BCUT2D eigenvalue weighted by Gasteiger charge is -2.41. The highest BCUT2D eigenvalue weighted by Gasteiger charge is 2.33. The van der Waals surface area contributed by atoms with E-state index in [0.29, 0.717) is 0 Å². The topological polar surface area (TPSA) is 29.3 Å². The molecular weight excluding hydrogens is 184 g/mol. The van der Waals surface area contributed by atoms with Gasteiger partial charge in [-0.15, -0.1) is 0 Å². The molecule has 0 spiro atoms. The second-order valence-corrected chi connectivity index (χ2v) is 6.05. The van der Waals surface area contributed by atoms with Gasteiger partial charge in [-0.3, -0.25) is 0 Å². The molecule has 0 rings (SSSR count). The van der Waals surface area contributed by atoms with Crippen LogP contribution in [0.2, 0.25) is 0 Å². The molecule has 0 radical (unpaired) electrons. The normalized spacial score (nSPS) is 13.6. The maximum atomic E-state index is 6.19. The molecule has 2 N–H and O–H groups in total. The molecule has 0 unspecified atom stereocenters. The second kappa shape index (κ2) is 5.86. The Morgan fingerprint density at radius 1 is 1.07 bits per heavy atom. The van der Waals surface area contributed by atoms with Crippen LogP contribution in [0, 0.1) is 5.41 Å². The fourth-order valence-corrected chi connectivity index (χ4v) is 1.59. The molecule has 0 atom stereocenters. The third-order valence-corrected chi connectivity index (χ3v) is 3.55. The molecule has 0 aromatic heterocycles. The number of hydrogen-bond donors (Lipinski definition) is 1. The van der Waals surface area contributed by atoms with Crippen molar-refractivity contribution in [3.8, 4) is 0 Å². The Kier molecular flexibility index (Phi) is 5.82. The summed E-state index contributed by atoms with van der Waals surface area (Å²) in [5.41, 5.74) is 6.23. The molecule has 15 heavy (non-hydrogen) atoms. The van der Waals surface area contributed by atoms with Crippen molar-refractivity contribution in [1.82, 2.24) is 4.90 Å². The first-order valence-electron chi connectivity index (χ1n) is 6.18. The van der Waals surface area contributed by atoms with Crippen molar-refractivity contribution in [3.05, 3.63) is 0 Å². The van der Waals surface area contributed by atoms with E-state index in [2.05, 4.69) is 46.6 Å². The van der Waals surface area contributed by atoms with E-state index < -0.39 is 0 Å². The van der Waals surface area contributed by atoms with E-state index in [1.165, 1.54) is 25.8 Å². The van der Waals surface area contributed by atoms with E-state index in [4.69, 9.17) is 5.73 Å². The summed E-state index contributed by atoms with van der Waals surface area (Å²) in [6, 6.07) is 0. The van der Waals surface area contributed by atoms with Crippen molar-refractivity contribution in [2.75, 3.05) is 20.1 Å². The zero-order chi connectivity index (χ0) is 12.1. The van der Waals surface area contributed by atoms with Crippen LogP contribution in [0.3, 0.4) is 0 Å². The zero-order valence-corrected chi connectivity index (χ0v) is 11.6. The molecule has 0 aliphatic carbocycles. The van der Waals surface area contributed by atoms with Gasteiger partial charge in [-0.1, -0.05) is 33.6 Å². The molecule has 0 saturated carbocycles. The van der Waals surface area contributed by atoms with Crippen LogP contribution in [-0.2, 0) is 0 Å². The van der Waals surface area contributed by atoms with Crippen LogP contribution in [0.15, 0.2) is 0 Å². The molecule has 0 heterocycles. The van der Waals surface area contributed by atoms with Gasteiger partial charge in [-0.2, -0.15) is 0 Å². The van der Waals surface area contributed by atoms with Gasteiger partial charge in [0, 0.05) is 12.1 Å². The monoisotopic (exact) mass is 214 g/mol. The fraction of sp³-hybridized carbons (Fsp3) is 1.00. The van der Waals surface area contributed by atoms with E-state index in [9.17, 15) is 0 Å². The third-order valence-electron chi connectivity index (χ3n) is 3.55. The number of rotatable bonds is 7. The molecule has 2 heteroatoms. The first-order valence-corrected chi connectivity index (χ1v) is 6.18. The van der Waals surface area contributed by atoms with E-state index in [-0.39, 0.29) is 11.0 Å². The van der Waals surface area contributed by atoms with E-state index in [1.54, 1.807) is 0 Å². The maximum Gasteiger partial charge on any atom is 0.0161 e. The lowest BCUT2D eigenvalue weighted by Crippen LogP contribution is -2.52. The summed E-state index contributed by atoms with van der Waals surface area (Å²) in [6.07, 6.45) is 3.92. The van der Waals surface area contributed by atoms with Crippen LogP contribution in [0.4, 0.5) is 0 Å². The maximum absolute atomic E-state index is 6.19. The smallest absolute Gasteiger partial charge is 0.0161 e. The summed E-state index contributed by atoms with van der Waals surface area (Å²) in [5, 5.41) is 0. The molecular formula is C13H30N2. The summed E-state index contributed by atoms with van der Waals surface area (Å²) in [7, 11) is 2.20. The first kappa shape index (κ1) is 14.9. The van der Waals surface area contributed by atoms with Gasteiger partial charge in [-0.25, -0.2) is 0 Å². The van der Waals surface area contributed by atoms with Gasteiger partial charge in [0.05, 0.1) is 0 Å². The highest BCUT2D eigenvalue weighted by Crippen LogP contribution is 2.28. The van der Waals surface area contributed by atoms with Gasteiger partial charge in [-0.05, 0) is 39.3 Å². The van der Waals surface area contributed by atoms with Crippen LogP contribution in [0.25, 0.3) is 0 Å². The van der Waals surface area contributed by atoms with Crippen molar-refractivity contribution in [2.24, 2.45) is 11.1 Å². The van der Waals surface area contributed by atoms with Crippen LogP contribution < -0.4 is 5.73 Å². The Labute approximate surface area is 96.2 Å². The predicted octanol–water partition coefficient (Wildman–Crippen LogP) is 2.87. The average Bonchev–Trinajstić information content (AvgIpc) is 2.01. The molecule has 92 valence electrons. The van der Waals surface area contributed by atoms with Gasteiger partial charge >= 0.3 is 0 Å². The third kappa shape index (κ3) is 5.53. The van der Waals surface area contributed by atoms with Crippen LogP contribution >= 0.6 is 0 Å². The van der Waals surface area contributed by atoms with Crippen molar-refractivity contribution < 1.29 is 0 Å². The van der Waals surface area contributed by atoms with E-state index in [0.717, 1.165) is 6.54 Å². The first-order chi connectivity index (χ1) is 6.70. The van der Waals surface area contributed by atoms with Gasteiger partial charge in [0.2, 0.25) is 0 Å². The highest BCUT2D eigenvalue weighted by molar-refractivity contribution is 4.91. The van der Waals surface area contributed by atoms with E-state index in [1.807, 2.05) is 0 Å². The SMILES string of the molecule is CCCCCN(C)CC(C)(C)C(C)(C)N. The Hall–Kier alpha value is -0.0800. The largest absolute Gasteiger partial charge is 0.325 e. The fourth-order valence-electron chi connectivity index (χ4n) is 1.59. The molecule has 0 aliphatic heterocycles. The minimum atomic E-state index is -0.119. The molecule has 0 aliphatic rings. The minimum absolute atomic E-state index is 0.119. The van der Waals surface area contributed by atoms with Gasteiger partial charge in [0.15, 0.2) is 0 Å². The molecule has 0 aromatic rings. The van der Waals surface area contributed by atoms with Crippen molar-refractivity contribution in [3.63, 3.8) is 0 Å². The lowest BCUT2D eigenvalue weighted by atomic mass is 9.75. The van der Waals surface area contributed by atoms with Crippen LogP contribution in [-0.4, -0.2) is 30.6 Å². The molecule has 0 saturated heterocycles. The molecule has 0 fully saturated rings. The standard InChI is InChI=1S/C13H30N2/c1-7-8-9-10-15(6)11-12(2,3)13(4,5)14/h7-11,14H2,1-6H3. The summed E-state index contributed by atoms with van der Waals surface area (Å²) in [4.78, 5) is 2.41. The minimum Gasteiger partial charge on any atom is -0.325 e. The van der Waals surface area contributed by atoms with Gasteiger partial charge < -0.3 is 10.6 Å². The number of hydrogen-bond acceptors (Lipinski definition) is 2. The number of unbranched alkanes of at least 4 members (excludes halogenated alkanes) is 2. The number of nitrogens with zero attached hydrogens (tertiary/aromatic N) is 1.